The van der Waals surface area contributed by atoms with Crippen LogP contribution < -0.4 is 5.32 Å². The summed E-state index contributed by atoms with van der Waals surface area (Å²) in [7, 11) is 0. The maximum Gasteiger partial charge on any atom is 0.0480 e. The summed E-state index contributed by atoms with van der Waals surface area (Å²) in [6.45, 7) is -0.649. The van der Waals surface area contributed by atoms with Crippen LogP contribution in [0.1, 0.15) is 17.0 Å². The number of ether oxygens (including phenoxy) is 1. The van der Waals surface area contributed by atoms with E-state index >= 15 is 0 Å². The summed E-state index contributed by atoms with van der Waals surface area (Å²) in [4.78, 5) is 0. The van der Waals surface area contributed by atoms with Crippen LogP contribution in [0.15, 0.2) is 0 Å². The third-order valence-corrected chi connectivity index (χ3v) is 1.43. The molecule has 0 saturated carbocycles. The second-order valence-electron chi connectivity index (χ2n) is 2.03. The average molecular weight is 155 g/mol. The van der Waals surface area contributed by atoms with Gasteiger partial charge in [-0.1, -0.05) is 0 Å². The first-order chi connectivity index (χ1) is 5.08. The molecule has 0 aromatic heterocycles. The van der Waals surface area contributed by atoms with E-state index in [0.717, 1.165) is 12.8 Å². The third kappa shape index (κ3) is 3.04. The highest BCUT2D eigenvalue weighted by Crippen LogP contribution is 2.04. The Hall–Kier alpha value is 0.210. The van der Waals surface area contributed by atoms with Crippen molar-refractivity contribution in [1.82, 2.24) is 5.32 Å². The minimum atomic E-state index is -2.00. The van der Waals surface area contributed by atoms with Gasteiger partial charge in [0.25, 0.3) is 0 Å². The Labute approximate surface area is 66.6 Å². The van der Waals surface area contributed by atoms with Gasteiger partial charge in [0.15, 0.2) is 0 Å². The second kappa shape index (κ2) is 5.03. The van der Waals surface area contributed by atoms with Gasteiger partial charge in [-0.15, -0.1) is 12.4 Å². The standard InChI is InChI=1S/C6H13NO.ClH/c1-7-6-2-4-8-5-3-6;/h6-7H,2-5H2,1H3;1H/i1D3;. The molecule has 0 aliphatic carbocycles. The smallest absolute Gasteiger partial charge is 0.0480 e. The molecule has 1 heterocycles. The fourth-order valence-corrected chi connectivity index (χ4v) is 0.842. The van der Waals surface area contributed by atoms with Gasteiger partial charge in [0.1, 0.15) is 0 Å². The van der Waals surface area contributed by atoms with E-state index in [-0.39, 0.29) is 18.4 Å². The number of hydrogen-bond acceptors (Lipinski definition) is 2. The molecule has 0 atom stereocenters. The molecule has 0 spiro atoms. The molecule has 1 fully saturated rings. The summed E-state index contributed by atoms with van der Waals surface area (Å²) in [6, 6.07) is 0.108. The summed E-state index contributed by atoms with van der Waals surface area (Å²) in [6.07, 6.45) is 1.61. The SMILES string of the molecule is Cl.[2H]C([2H])([2H])NC1CCOCC1. The number of halogens is 1. The molecule has 0 amide bonds. The Morgan fingerprint density at radius 1 is 1.56 bits per heavy atom. The summed E-state index contributed by atoms with van der Waals surface area (Å²) in [5, 5.41) is 2.58. The maximum atomic E-state index is 6.95. The zero-order chi connectivity index (χ0) is 8.32. The lowest BCUT2D eigenvalue weighted by Crippen LogP contribution is -2.31. The van der Waals surface area contributed by atoms with E-state index in [1.54, 1.807) is 0 Å². The van der Waals surface area contributed by atoms with Crippen molar-refractivity contribution in [2.24, 2.45) is 0 Å². The van der Waals surface area contributed by atoms with Crippen LogP contribution in [0, 0.1) is 0 Å². The second-order valence-corrected chi connectivity index (χ2v) is 2.03. The number of nitrogens with one attached hydrogen (secondary N) is 1. The predicted octanol–water partition coefficient (Wildman–Crippen LogP) is 0.807. The van der Waals surface area contributed by atoms with E-state index < -0.39 is 6.98 Å². The summed E-state index contributed by atoms with van der Waals surface area (Å²) in [5.41, 5.74) is 0. The molecule has 1 aliphatic rings. The first-order valence-electron chi connectivity index (χ1n) is 4.43. The van der Waals surface area contributed by atoms with E-state index in [4.69, 9.17) is 8.85 Å². The lowest BCUT2D eigenvalue weighted by Gasteiger charge is -2.20. The molecule has 9 heavy (non-hydrogen) atoms. The summed E-state index contributed by atoms with van der Waals surface area (Å²) < 4.78 is 25.9. The fraction of sp³-hybridized carbons (Fsp3) is 1.00. The van der Waals surface area contributed by atoms with Crippen molar-refractivity contribution in [2.75, 3.05) is 20.2 Å². The quantitative estimate of drug-likeness (QED) is 0.604. The van der Waals surface area contributed by atoms with Crippen LogP contribution >= 0.6 is 12.4 Å². The van der Waals surface area contributed by atoms with Crippen molar-refractivity contribution in [3.8, 4) is 0 Å². The van der Waals surface area contributed by atoms with E-state index in [1.165, 1.54) is 0 Å². The van der Waals surface area contributed by atoms with Crippen LogP contribution in [0.25, 0.3) is 0 Å². The Bertz CT molecular complexity index is 124. The van der Waals surface area contributed by atoms with Crippen molar-refractivity contribution in [2.45, 2.75) is 18.9 Å². The van der Waals surface area contributed by atoms with Gasteiger partial charge >= 0.3 is 0 Å². The minimum absolute atomic E-state index is 0. The van der Waals surface area contributed by atoms with Gasteiger partial charge < -0.3 is 10.1 Å². The monoisotopic (exact) mass is 154 g/mol. The molecule has 56 valence electrons. The predicted molar refractivity (Wildman–Crippen MR) is 40.1 cm³/mol. The maximum absolute atomic E-state index is 6.95. The van der Waals surface area contributed by atoms with Crippen LogP contribution in [0.5, 0.6) is 0 Å². The summed E-state index contributed by atoms with van der Waals surface area (Å²) in [5.74, 6) is 0. The van der Waals surface area contributed by atoms with E-state index in [1.807, 2.05) is 0 Å². The van der Waals surface area contributed by atoms with Crippen molar-refractivity contribution >= 4 is 12.4 Å². The largest absolute Gasteiger partial charge is 0.381 e. The molecule has 0 aromatic carbocycles. The summed E-state index contributed by atoms with van der Waals surface area (Å²) >= 11 is 0. The highest BCUT2D eigenvalue weighted by atomic mass is 35.5. The molecule has 1 aliphatic heterocycles. The van der Waals surface area contributed by atoms with Gasteiger partial charge in [0.05, 0.1) is 0 Å². The highest BCUT2D eigenvalue weighted by molar-refractivity contribution is 5.85. The van der Waals surface area contributed by atoms with Crippen molar-refractivity contribution in [1.29, 1.82) is 0 Å². The van der Waals surface area contributed by atoms with Crippen molar-refractivity contribution < 1.29 is 8.85 Å². The Balaban J connectivity index is 0.00000121. The van der Waals surface area contributed by atoms with Gasteiger partial charge in [0, 0.05) is 23.4 Å². The Kier molecular flexibility index (Phi) is 2.76. The Morgan fingerprint density at radius 2 is 2.22 bits per heavy atom. The van der Waals surface area contributed by atoms with Gasteiger partial charge in [-0.05, 0) is 19.8 Å². The average Bonchev–Trinajstić information content (AvgIpc) is 1.85. The first kappa shape index (κ1) is 4.94. The van der Waals surface area contributed by atoms with Crippen LogP contribution in [-0.4, -0.2) is 26.2 Å². The van der Waals surface area contributed by atoms with Crippen molar-refractivity contribution in [3.05, 3.63) is 0 Å². The van der Waals surface area contributed by atoms with Gasteiger partial charge in [-0.2, -0.15) is 0 Å². The van der Waals surface area contributed by atoms with Gasteiger partial charge in [-0.3, -0.25) is 0 Å². The van der Waals surface area contributed by atoms with Gasteiger partial charge in [-0.25, -0.2) is 0 Å². The van der Waals surface area contributed by atoms with Crippen LogP contribution in [-0.2, 0) is 4.74 Å². The van der Waals surface area contributed by atoms with E-state index in [2.05, 4.69) is 5.32 Å². The van der Waals surface area contributed by atoms with E-state index in [9.17, 15) is 0 Å². The minimum Gasteiger partial charge on any atom is -0.381 e. The highest BCUT2D eigenvalue weighted by Gasteiger charge is 2.09. The molecule has 1 saturated heterocycles. The fourth-order valence-electron chi connectivity index (χ4n) is 0.842. The number of rotatable bonds is 1. The molecule has 2 nitrogen and oxygen atoms in total. The lowest BCUT2D eigenvalue weighted by molar-refractivity contribution is 0.0799. The van der Waals surface area contributed by atoms with E-state index in [0.29, 0.717) is 13.2 Å². The Morgan fingerprint density at radius 3 is 2.78 bits per heavy atom. The first-order valence-corrected chi connectivity index (χ1v) is 2.93. The number of hydrogen-bond donors (Lipinski definition) is 1. The normalized spacial score (nSPS) is 27.3. The van der Waals surface area contributed by atoms with Crippen molar-refractivity contribution in [3.63, 3.8) is 0 Å². The van der Waals surface area contributed by atoms with Crippen LogP contribution in [0.3, 0.4) is 0 Å². The molecule has 0 radical (unpaired) electrons. The molecule has 1 rings (SSSR count). The zero-order valence-electron chi connectivity index (χ0n) is 8.22. The topological polar surface area (TPSA) is 21.3 Å². The van der Waals surface area contributed by atoms with Crippen LogP contribution in [0.4, 0.5) is 0 Å². The molecule has 0 bridgehead atoms. The molecule has 0 unspecified atom stereocenters. The zero-order valence-corrected chi connectivity index (χ0v) is 6.04. The molecular weight excluding hydrogens is 138 g/mol. The van der Waals surface area contributed by atoms with Crippen LogP contribution in [0.2, 0.25) is 0 Å². The third-order valence-electron chi connectivity index (χ3n) is 1.43. The molecule has 3 heteroatoms. The van der Waals surface area contributed by atoms with Gasteiger partial charge in [0.2, 0.25) is 0 Å². The lowest BCUT2D eigenvalue weighted by atomic mass is 10.1. The molecule has 1 N–H and O–H groups in total. The molecule has 0 aromatic rings. The molecular formula is C6H14ClNO.